The van der Waals surface area contributed by atoms with E-state index in [1.165, 1.54) is 12.1 Å². The number of amides is 1. The highest BCUT2D eigenvalue weighted by Gasteiger charge is 2.20. The Labute approximate surface area is 154 Å². The Balaban J connectivity index is 2.48. The molecule has 27 heavy (non-hydrogen) atoms. The predicted molar refractivity (Wildman–Crippen MR) is 96.1 cm³/mol. The van der Waals surface area contributed by atoms with Crippen molar-refractivity contribution in [3.8, 4) is 5.75 Å². The van der Waals surface area contributed by atoms with Gasteiger partial charge in [-0.2, -0.15) is 0 Å². The number of guanidine groups is 1. The number of ether oxygens (including phenoxy) is 1. The van der Waals surface area contributed by atoms with E-state index in [9.17, 15) is 19.7 Å². The third kappa shape index (κ3) is 8.20. The molecule has 1 aromatic rings. The largest absolute Gasteiger partial charge is 0.480 e. The molecule has 1 aromatic carbocycles. The number of nitro groups is 1. The fourth-order valence-corrected chi connectivity index (χ4v) is 1.92. The molecule has 146 valence electrons. The van der Waals surface area contributed by atoms with Crippen LogP contribution in [0.1, 0.15) is 18.4 Å². The summed E-state index contributed by atoms with van der Waals surface area (Å²) in [6.45, 7) is 3.71. The molecule has 0 aromatic heterocycles. The zero-order valence-electron chi connectivity index (χ0n) is 14.3. The normalized spacial score (nSPS) is 11.9. The third-order valence-corrected chi connectivity index (χ3v) is 3.19. The van der Waals surface area contributed by atoms with E-state index < -0.39 is 29.1 Å². The van der Waals surface area contributed by atoms with Crippen LogP contribution in [0.15, 0.2) is 35.9 Å². The van der Waals surface area contributed by atoms with Crippen molar-refractivity contribution in [1.82, 2.24) is 10.6 Å². The molecule has 0 saturated carbocycles. The highest BCUT2D eigenvalue weighted by Crippen LogP contribution is 2.15. The summed E-state index contributed by atoms with van der Waals surface area (Å²) in [6.07, 6.45) is -0.655. The van der Waals surface area contributed by atoms with Crippen LogP contribution in [0.4, 0.5) is 4.79 Å². The van der Waals surface area contributed by atoms with Gasteiger partial charge in [-0.1, -0.05) is 6.58 Å². The molecule has 1 amide bonds. The van der Waals surface area contributed by atoms with Gasteiger partial charge in [0.1, 0.15) is 16.9 Å². The van der Waals surface area contributed by atoms with Gasteiger partial charge in [-0.3, -0.25) is 0 Å². The number of carboxylic acid groups (broad SMARTS) is 1. The first-order chi connectivity index (χ1) is 12.7. The monoisotopic (exact) mass is 380 g/mol. The maximum Gasteiger partial charge on any atom is 0.413 e. The topological polar surface area (TPSA) is 195 Å². The van der Waals surface area contributed by atoms with Gasteiger partial charge in [0.05, 0.1) is 0 Å². The van der Waals surface area contributed by atoms with E-state index in [1.807, 2.05) is 0 Å². The van der Waals surface area contributed by atoms with Crippen molar-refractivity contribution in [2.75, 3.05) is 6.54 Å². The summed E-state index contributed by atoms with van der Waals surface area (Å²) in [5, 5.41) is 25.8. The number of nitrogens with two attached hydrogens (primary N) is 2. The number of carboxylic acids is 1. The van der Waals surface area contributed by atoms with Crippen LogP contribution in [0.3, 0.4) is 0 Å². The Hall–Kier alpha value is -3.83. The van der Waals surface area contributed by atoms with E-state index in [-0.39, 0.29) is 25.1 Å². The minimum Gasteiger partial charge on any atom is -0.480 e. The fourth-order valence-electron chi connectivity index (χ4n) is 1.92. The van der Waals surface area contributed by atoms with E-state index >= 15 is 0 Å². The Morgan fingerprint density at radius 2 is 1.96 bits per heavy atom. The third-order valence-electron chi connectivity index (χ3n) is 3.19. The van der Waals surface area contributed by atoms with Gasteiger partial charge in [0.2, 0.25) is 0 Å². The van der Waals surface area contributed by atoms with Crippen molar-refractivity contribution < 1.29 is 24.5 Å². The SMILES string of the molecule is C=C(N)c1ccc(OC(=O)NC(CCCN/C(N)=N/[N+](=O)[O-])C(=O)O)cc1. The standard InChI is InChI=1S/C15H20N6O6/c1-9(16)10-4-6-11(7-5-10)27-15(24)19-12(13(22)23)3-2-8-18-14(17)20-21(25)26/h4-7,12H,1-3,8,16H2,(H,19,24)(H,22,23)(H3,17,18,20). The van der Waals surface area contributed by atoms with E-state index in [1.54, 1.807) is 12.1 Å². The molecule has 1 atom stereocenters. The molecule has 7 N–H and O–H groups in total. The summed E-state index contributed by atoms with van der Waals surface area (Å²) in [5.41, 5.74) is 11.8. The number of nitrogens with zero attached hydrogens (tertiary/aromatic N) is 2. The van der Waals surface area contributed by atoms with Gasteiger partial charge in [-0.05, 0) is 42.7 Å². The lowest BCUT2D eigenvalue weighted by atomic mass is 10.1. The van der Waals surface area contributed by atoms with Gasteiger partial charge in [0.25, 0.3) is 5.96 Å². The number of carbonyl (C=O) groups excluding carboxylic acids is 1. The van der Waals surface area contributed by atoms with E-state index in [2.05, 4.69) is 22.3 Å². The van der Waals surface area contributed by atoms with Crippen LogP contribution in [0.5, 0.6) is 5.75 Å². The van der Waals surface area contributed by atoms with E-state index in [0.29, 0.717) is 11.3 Å². The van der Waals surface area contributed by atoms with Crippen molar-refractivity contribution in [3.63, 3.8) is 0 Å². The van der Waals surface area contributed by atoms with Crippen LogP contribution in [0, 0.1) is 10.1 Å². The van der Waals surface area contributed by atoms with E-state index in [4.69, 9.17) is 21.3 Å². The van der Waals surface area contributed by atoms with Gasteiger partial charge >= 0.3 is 12.1 Å². The molecule has 1 unspecified atom stereocenters. The minimum absolute atomic E-state index is 0.0368. The fraction of sp³-hybridized carbons (Fsp3) is 0.267. The molecule has 0 heterocycles. The molecule has 0 radical (unpaired) electrons. The molecule has 1 rings (SSSR count). The van der Waals surface area contributed by atoms with Crippen molar-refractivity contribution in [2.24, 2.45) is 16.6 Å². The van der Waals surface area contributed by atoms with Crippen molar-refractivity contribution in [1.29, 1.82) is 0 Å². The Morgan fingerprint density at radius 3 is 2.48 bits per heavy atom. The van der Waals surface area contributed by atoms with Crippen molar-refractivity contribution in [2.45, 2.75) is 18.9 Å². The zero-order valence-corrected chi connectivity index (χ0v) is 14.3. The second kappa shape index (κ2) is 10.2. The second-order valence-electron chi connectivity index (χ2n) is 5.27. The number of hydrogen-bond donors (Lipinski definition) is 5. The van der Waals surface area contributed by atoms with Crippen molar-refractivity contribution >= 4 is 23.7 Å². The lowest BCUT2D eigenvalue weighted by Gasteiger charge is -2.14. The minimum atomic E-state index is -1.26. The quantitative estimate of drug-likeness (QED) is 0.129. The number of carbonyl (C=O) groups is 2. The van der Waals surface area contributed by atoms with Crippen molar-refractivity contribution in [3.05, 3.63) is 46.5 Å². The van der Waals surface area contributed by atoms with Gasteiger partial charge in [0.15, 0.2) is 5.03 Å². The molecule has 0 aliphatic carbocycles. The first-order valence-corrected chi connectivity index (χ1v) is 7.67. The maximum absolute atomic E-state index is 11.8. The van der Waals surface area contributed by atoms with Crippen LogP contribution < -0.4 is 26.8 Å². The summed E-state index contributed by atoms with van der Waals surface area (Å²) in [6, 6.07) is 4.97. The second-order valence-corrected chi connectivity index (χ2v) is 5.27. The van der Waals surface area contributed by atoms with Gasteiger partial charge in [0, 0.05) is 12.2 Å². The molecule has 0 aliphatic rings. The first-order valence-electron chi connectivity index (χ1n) is 7.67. The zero-order chi connectivity index (χ0) is 20.4. The van der Waals surface area contributed by atoms with Gasteiger partial charge in [-0.25, -0.2) is 19.7 Å². The van der Waals surface area contributed by atoms with E-state index in [0.717, 1.165) is 0 Å². The smallest absolute Gasteiger partial charge is 0.413 e. The number of hydrazone groups is 1. The molecule has 12 nitrogen and oxygen atoms in total. The Kier molecular flexibility index (Phi) is 8.03. The highest BCUT2D eigenvalue weighted by molar-refractivity contribution is 5.81. The molecule has 12 heteroatoms. The number of hydrogen-bond acceptors (Lipinski definition) is 6. The number of nitrogens with one attached hydrogen (secondary N) is 2. The molecule has 0 spiro atoms. The van der Waals surface area contributed by atoms with Gasteiger partial charge in [-0.15, -0.1) is 0 Å². The summed E-state index contributed by atoms with van der Waals surface area (Å²) in [4.78, 5) is 33.2. The number of benzene rings is 1. The van der Waals surface area contributed by atoms with Crippen LogP contribution in [-0.2, 0) is 4.79 Å². The highest BCUT2D eigenvalue weighted by atomic mass is 16.7. The Bertz CT molecular complexity index is 733. The summed E-state index contributed by atoms with van der Waals surface area (Å²) >= 11 is 0. The molecule has 0 aliphatic heterocycles. The molecular formula is C15H20N6O6. The summed E-state index contributed by atoms with van der Waals surface area (Å²) in [5.74, 6) is -1.46. The average Bonchev–Trinajstić information content (AvgIpc) is 2.57. The van der Waals surface area contributed by atoms with Crippen LogP contribution in [-0.4, -0.2) is 40.7 Å². The lowest BCUT2D eigenvalue weighted by molar-refractivity contribution is -0.485. The van der Waals surface area contributed by atoms with Crippen LogP contribution in [0.25, 0.3) is 5.70 Å². The molecular weight excluding hydrogens is 360 g/mol. The maximum atomic E-state index is 11.8. The molecule has 0 bridgehead atoms. The Morgan fingerprint density at radius 1 is 1.33 bits per heavy atom. The van der Waals surface area contributed by atoms with Gasteiger partial charge < -0.3 is 31.9 Å². The molecule has 0 fully saturated rings. The lowest BCUT2D eigenvalue weighted by Crippen LogP contribution is -2.43. The van der Waals surface area contributed by atoms with Crippen LogP contribution >= 0.6 is 0 Å². The molecule has 0 saturated heterocycles. The summed E-state index contributed by atoms with van der Waals surface area (Å²) < 4.78 is 5.00. The predicted octanol–water partition coefficient (Wildman–Crippen LogP) is 0.0338. The average molecular weight is 380 g/mol. The first kappa shape index (κ1) is 21.2. The summed E-state index contributed by atoms with van der Waals surface area (Å²) in [7, 11) is 0. The van der Waals surface area contributed by atoms with Crippen LogP contribution in [0.2, 0.25) is 0 Å². The number of aliphatic carboxylic acids is 1. The number of rotatable bonds is 9.